The monoisotopic (exact) mass is 350 g/mol. The van der Waals surface area contributed by atoms with Gasteiger partial charge in [0.05, 0.1) is 5.69 Å². The van der Waals surface area contributed by atoms with Gasteiger partial charge < -0.3 is 4.90 Å². The van der Waals surface area contributed by atoms with Gasteiger partial charge in [-0.3, -0.25) is 14.5 Å². The van der Waals surface area contributed by atoms with Crippen molar-refractivity contribution in [2.45, 2.75) is 35.4 Å². The zero-order valence-electron chi connectivity index (χ0n) is 13.8. The van der Waals surface area contributed by atoms with E-state index in [2.05, 4.69) is 6.07 Å². The first-order valence-electron chi connectivity index (χ1n) is 8.72. The first-order chi connectivity index (χ1) is 12.2. The second-order valence-corrected chi connectivity index (χ2v) is 8.09. The van der Waals surface area contributed by atoms with Crippen LogP contribution in [0, 0.1) is 0 Å². The first kappa shape index (κ1) is 15.0. The Bertz CT molecular complexity index is 897. The highest BCUT2D eigenvalue weighted by Crippen LogP contribution is 2.56. The predicted octanol–water partition coefficient (Wildman–Crippen LogP) is 3.59. The van der Waals surface area contributed by atoms with E-state index in [1.165, 1.54) is 5.56 Å². The van der Waals surface area contributed by atoms with Crippen LogP contribution in [0.25, 0.3) is 0 Å². The van der Waals surface area contributed by atoms with Gasteiger partial charge in [0.1, 0.15) is 0 Å². The van der Waals surface area contributed by atoms with E-state index in [1.54, 1.807) is 16.7 Å². The van der Waals surface area contributed by atoms with Crippen molar-refractivity contribution in [3.63, 3.8) is 0 Å². The lowest BCUT2D eigenvalue weighted by Gasteiger charge is -2.37. The van der Waals surface area contributed by atoms with Gasteiger partial charge in [-0.1, -0.05) is 42.1 Å². The molecule has 1 atom stereocenters. The quantitative estimate of drug-likeness (QED) is 0.789. The van der Waals surface area contributed by atoms with Crippen LogP contribution in [0.2, 0.25) is 0 Å². The number of carbonyl (C=O) groups excluding carboxylic acids is 2. The molecule has 5 heteroatoms. The van der Waals surface area contributed by atoms with Gasteiger partial charge in [0.15, 0.2) is 4.87 Å². The molecule has 0 aliphatic carbocycles. The minimum Gasteiger partial charge on any atom is -0.309 e. The number of rotatable bonds is 1. The summed E-state index contributed by atoms with van der Waals surface area (Å²) in [7, 11) is 0. The Labute approximate surface area is 150 Å². The van der Waals surface area contributed by atoms with Gasteiger partial charge in [0.2, 0.25) is 5.91 Å². The molecule has 3 heterocycles. The van der Waals surface area contributed by atoms with Crippen LogP contribution in [-0.4, -0.2) is 23.2 Å². The molecule has 2 aromatic carbocycles. The Morgan fingerprint density at radius 1 is 1.00 bits per heavy atom. The summed E-state index contributed by atoms with van der Waals surface area (Å²) < 4.78 is 0. The summed E-state index contributed by atoms with van der Waals surface area (Å²) in [4.78, 5) is 30.2. The van der Waals surface area contributed by atoms with Crippen molar-refractivity contribution < 1.29 is 9.59 Å². The Morgan fingerprint density at radius 3 is 2.64 bits per heavy atom. The zero-order valence-corrected chi connectivity index (χ0v) is 14.6. The van der Waals surface area contributed by atoms with Gasteiger partial charge in [-0.2, -0.15) is 0 Å². The van der Waals surface area contributed by atoms with E-state index in [9.17, 15) is 9.59 Å². The van der Waals surface area contributed by atoms with Gasteiger partial charge in [0.25, 0.3) is 5.91 Å². The molecule has 4 nitrogen and oxygen atoms in total. The maximum atomic E-state index is 13.7. The molecule has 0 bridgehead atoms. The van der Waals surface area contributed by atoms with E-state index >= 15 is 0 Å². The third kappa shape index (κ3) is 2.02. The number of anilines is 2. The smallest absolute Gasteiger partial charge is 0.264 e. The molecular formula is C20H18N2O2S. The minimum atomic E-state index is -0.814. The average Bonchev–Trinajstić information content (AvgIpc) is 3.16. The SMILES string of the molecule is O=C1CCC2(C(=O)N3CCCc4ccccc43)Sc3ccccc3N12. The van der Waals surface area contributed by atoms with E-state index in [4.69, 9.17) is 0 Å². The van der Waals surface area contributed by atoms with Crippen molar-refractivity contribution in [3.05, 3.63) is 54.1 Å². The summed E-state index contributed by atoms with van der Waals surface area (Å²) in [5, 5.41) is 0. The summed E-state index contributed by atoms with van der Waals surface area (Å²) in [5.41, 5.74) is 3.10. The van der Waals surface area contributed by atoms with E-state index in [-0.39, 0.29) is 11.8 Å². The van der Waals surface area contributed by atoms with E-state index in [1.807, 2.05) is 47.4 Å². The minimum absolute atomic E-state index is 0.0479. The fraction of sp³-hybridized carbons (Fsp3) is 0.300. The van der Waals surface area contributed by atoms with Gasteiger partial charge in [0, 0.05) is 23.5 Å². The Kier molecular flexibility index (Phi) is 3.22. The van der Waals surface area contributed by atoms with Crippen molar-refractivity contribution in [2.24, 2.45) is 0 Å². The highest BCUT2D eigenvalue weighted by molar-refractivity contribution is 8.02. The second-order valence-electron chi connectivity index (χ2n) is 6.77. The molecule has 25 heavy (non-hydrogen) atoms. The molecule has 3 aliphatic rings. The van der Waals surface area contributed by atoms with Crippen LogP contribution in [0.3, 0.4) is 0 Å². The Morgan fingerprint density at radius 2 is 1.76 bits per heavy atom. The molecular weight excluding hydrogens is 332 g/mol. The third-order valence-electron chi connectivity index (χ3n) is 5.36. The van der Waals surface area contributed by atoms with Crippen molar-refractivity contribution in [2.75, 3.05) is 16.3 Å². The lowest BCUT2D eigenvalue weighted by atomic mass is 10.0. The maximum Gasteiger partial charge on any atom is 0.264 e. The fourth-order valence-corrected chi connectivity index (χ4v) is 5.71. The molecule has 2 amide bonds. The van der Waals surface area contributed by atoms with Gasteiger partial charge in [-0.25, -0.2) is 0 Å². The van der Waals surface area contributed by atoms with Crippen LogP contribution in [0.15, 0.2) is 53.4 Å². The van der Waals surface area contributed by atoms with E-state index in [0.29, 0.717) is 12.8 Å². The number of benzene rings is 2. The molecule has 0 aromatic heterocycles. The number of hydrogen-bond acceptors (Lipinski definition) is 3. The van der Waals surface area contributed by atoms with Crippen molar-refractivity contribution >= 4 is 35.0 Å². The molecule has 3 aliphatic heterocycles. The fourth-order valence-electron chi connectivity index (χ4n) is 4.24. The van der Waals surface area contributed by atoms with Crippen LogP contribution in [0.4, 0.5) is 11.4 Å². The molecule has 0 saturated carbocycles. The number of thioether (sulfide) groups is 1. The second kappa shape index (κ2) is 5.36. The number of hydrogen-bond donors (Lipinski definition) is 0. The number of amides is 2. The lowest BCUT2D eigenvalue weighted by Crippen LogP contribution is -2.55. The molecule has 1 saturated heterocycles. The molecule has 0 radical (unpaired) electrons. The van der Waals surface area contributed by atoms with Crippen LogP contribution < -0.4 is 9.80 Å². The predicted molar refractivity (Wildman–Crippen MR) is 98.9 cm³/mol. The summed E-state index contributed by atoms with van der Waals surface area (Å²) in [6.45, 7) is 0.719. The zero-order chi connectivity index (χ0) is 17.0. The highest BCUT2D eigenvalue weighted by atomic mass is 32.2. The molecule has 0 spiro atoms. The third-order valence-corrected chi connectivity index (χ3v) is 6.83. The van der Waals surface area contributed by atoms with Crippen molar-refractivity contribution in [1.29, 1.82) is 0 Å². The summed E-state index contributed by atoms with van der Waals surface area (Å²) in [6.07, 6.45) is 2.97. The average molecular weight is 350 g/mol. The van der Waals surface area contributed by atoms with Gasteiger partial charge in [-0.05, 0) is 43.0 Å². The number of fused-ring (bicyclic) bond motifs is 4. The van der Waals surface area contributed by atoms with Crippen LogP contribution in [0.1, 0.15) is 24.8 Å². The standard InChI is InChI=1S/C20H18N2O2S/c23-18-11-12-20(22(18)16-9-3-4-10-17(16)25-20)19(24)21-13-5-7-14-6-1-2-8-15(14)21/h1-4,6,8-10H,5,7,11-13H2. The maximum absolute atomic E-state index is 13.7. The molecule has 2 aromatic rings. The lowest BCUT2D eigenvalue weighted by molar-refractivity contribution is -0.122. The Balaban J connectivity index is 1.60. The summed E-state index contributed by atoms with van der Waals surface area (Å²) in [6, 6.07) is 16.0. The molecule has 1 fully saturated rings. The number of carbonyl (C=O) groups is 2. The largest absolute Gasteiger partial charge is 0.309 e. The van der Waals surface area contributed by atoms with Crippen molar-refractivity contribution in [3.8, 4) is 0 Å². The summed E-state index contributed by atoms with van der Waals surface area (Å²) in [5.74, 6) is 0.0998. The van der Waals surface area contributed by atoms with Gasteiger partial charge in [-0.15, -0.1) is 0 Å². The first-order valence-corrected chi connectivity index (χ1v) is 9.53. The number of para-hydroxylation sites is 2. The van der Waals surface area contributed by atoms with E-state index < -0.39 is 4.87 Å². The van der Waals surface area contributed by atoms with E-state index in [0.717, 1.165) is 35.7 Å². The van der Waals surface area contributed by atoms with Crippen LogP contribution in [-0.2, 0) is 16.0 Å². The van der Waals surface area contributed by atoms with Gasteiger partial charge >= 0.3 is 0 Å². The van der Waals surface area contributed by atoms with Crippen molar-refractivity contribution in [1.82, 2.24) is 0 Å². The van der Waals surface area contributed by atoms with Crippen LogP contribution in [0.5, 0.6) is 0 Å². The normalized spacial score (nSPS) is 24.1. The Hall–Kier alpha value is -2.27. The summed E-state index contributed by atoms with van der Waals surface area (Å²) >= 11 is 1.55. The molecule has 126 valence electrons. The highest BCUT2D eigenvalue weighted by Gasteiger charge is 2.58. The van der Waals surface area contributed by atoms with Crippen LogP contribution >= 0.6 is 11.8 Å². The number of nitrogens with zero attached hydrogens (tertiary/aromatic N) is 2. The topological polar surface area (TPSA) is 40.6 Å². The number of aryl methyl sites for hydroxylation is 1. The molecule has 5 rings (SSSR count). The molecule has 0 N–H and O–H groups in total. The molecule has 1 unspecified atom stereocenters.